The molecule has 0 unspecified atom stereocenters. The van der Waals surface area contributed by atoms with E-state index in [0.717, 1.165) is 0 Å². The molecule has 0 aliphatic carbocycles. The molecule has 0 atom stereocenters. The Morgan fingerprint density at radius 3 is 1.00 bits per heavy atom. The van der Waals surface area contributed by atoms with E-state index in [1.807, 2.05) is 0 Å². The van der Waals surface area contributed by atoms with Crippen molar-refractivity contribution in [2.75, 3.05) is 0 Å². The molecule has 0 aromatic rings. The van der Waals surface area contributed by atoms with Gasteiger partial charge in [0.25, 0.3) is 0 Å². The van der Waals surface area contributed by atoms with Crippen molar-refractivity contribution in [3.05, 3.63) is 0 Å². The van der Waals surface area contributed by atoms with Crippen LogP contribution in [0.2, 0.25) is 0 Å². The zero-order chi connectivity index (χ0) is 0. The fraction of sp³-hybridized carbons (Fsp3) is 0. The number of hydrogen-bond acceptors (Lipinski definition) is 0. The predicted octanol–water partition coefficient (Wildman–Crippen LogP) is -3.55. The molecule has 0 nitrogen and oxygen atoms in total. The molecule has 0 aliphatic heterocycles. The monoisotopic (exact) mass is 232 g/mol. The minimum Gasteiger partial charge on any atom is 0 e. The van der Waals surface area contributed by atoms with E-state index in [1.54, 1.807) is 0 Å². The third kappa shape index (κ3) is 8.86. The van der Waals surface area contributed by atoms with E-state index in [-0.39, 0.29) is 74.0 Å². The molecular formula is H9AlSiSnTi. The van der Waals surface area contributed by atoms with Crippen LogP contribution in [0.1, 0.15) is 0 Å². The van der Waals surface area contributed by atoms with Crippen LogP contribution < -0.4 is 0 Å². The standard InChI is InChI=1S/Al.H4Si.Sn.Ti.5H/h;1H4;;;;;;;. The van der Waals surface area contributed by atoms with E-state index in [0.29, 0.717) is 0 Å². The molecular weight excluding hydrogens is 222 g/mol. The van der Waals surface area contributed by atoms with E-state index < -0.39 is 0 Å². The molecule has 4 heteroatoms. The van der Waals surface area contributed by atoms with Gasteiger partial charge in [-0.25, -0.2) is 0 Å². The molecule has 0 amide bonds. The van der Waals surface area contributed by atoms with Crippen LogP contribution in [0.4, 0.5) is 0 Å². The predicted molar refractivity (Wildman–Crippen MR) is 29.8 cm³/mol. The van der Waals surface area contributed by atoms with Crippen molar-refractivity contribution in [1.82, 2.24) is 0 Å². The maximum atomic E-state index is 0. The zero-order valence-corrected chi connectivity index (χ0v) is 6.80. The minimum atomic E-state index is 0. The smallest absolute Gasteiger partial charge is 0 e. The molecule has 4 heavy (non-hydrogen) atoms. The molecule has 0 spiro atoms. The van der Waals surface area contributed by atoms with Crippen LogP contribution in [0.25, 0.3) is 0 Å². The SMILES string of the molecule is [AlH3].[SiH4].[SnH2].[Ti]. The van der Waals surface area contributed by atoms with Crippen molar-refractivity contribution in [3.8, 4) is 0 Å². The van der Waals surface area contributed by atoms with Crippen molar-refractivity contribution in [2.45, 2.75) is 0 Å². The molecule has 0 bridgehead atoms. The third-order valence-corrected chi connectivity index (χ3v) is 0. The summed E-state index contributed by atoms with van der Waals surface area (Å²) in [5.41, 5.74) is 0. The Balaban J connectivity index is 0. The first-order chi connectivity index (χ1) is 0. The molecule has 0 rings (SSSR count). The van der Waals surface area contributed by atoms with Crippen molar-refractivity contribution in [3.63, 3.8) is 0 Å². The first kappa shape index (κ1) is 33.9. The van der Waals surface area contributed by atoms with E-state index in [9.17, 15) is 0 Å². The van der Waals surface area contributed by atoms with Gasteiger partial charge in [-0.1, -0.05) is 0 Å². The molecule has 0 saturated carbocycles. The topological polar surface area (TPSA) is 0 Å². The summed E-state index contributed by atoms with van der Waals surface area (Å²) in [5, 5.41) is 0. The van der Waals surface area contributed by atoms with Crippen LogP contribution >= 0.6 is 0 Å². The average Bonchev–Trinajstić information content (AvgIpc) is 0. The summed E-state index contributed by atoms with van der Waals surface area (Å²) in [4.78, 5) is 0. The largest absolute Gasteiger partial charge is 0 e. The molecule has 0 heterocycles. The second-order valence-corrected chi connectivity index (χ2v) is 0. The molecule has 0 fully saturated rings. The van der Waals surface area contributed by atoms with Gasteiger partial charge in [0.1, 0.15) is 0 Å². The van der Waals surface area contributed by atoms with Gasteiger partial charge in [0.15, 0.2) is 17.4 Å². The van der Waals surface area contributed by atoms with Crippen molar-refractivity contribution in [2.24, 2.45) is 0 Å². The summed E-state index contributed by atoms with van der Waals surface area (Å²) < 4.78 is 0. The van der Waals surface area contributed by atoms with Crippen LogP contribution in [0.5, 0.6) is 0 Å². The maximum Gasteiger partial charge on any atom is 0 e. The van der Waals surface area contributed by atoms with Crippen LogP contribution in [0.3, 0.4) is 0 Å². The van der Waals surface area contributed by atoms with Crippen molar-refractivity contribution in [1.29, 1.82) is 0 Å². The molecule has 0 aliphatic rings. The second-order valence-electron chi connectivity index (χ2n) is 0. The van der Waals surface area contributed by atoms with Gasteiger partial charge in [0.05, 0.1) is 0 Å². The molecule has 0 aromatic heterocycles. The average molecular weight is 231 g/mol. The van der Waals surface area contributed by atoms with Gasteiger partial charge < -0.3 is 0 Å². The molecule has 2 radical (unpaired) electrons. The third-order valence-electron chi connectivity index (χ3n) is 0. The summed E-state index contributed by atoms with van der Waals surface area (Å²) in [5.74, 6) is 0. The van der Waals surface area contributed by atoms with Gasteiger partial charge in [0.2, 0.25) is 0 Å². The summed E-state index contributed by atoms with van der Waals surface area (Å²) in [7, 11) is 0. The first-order valence-corrected chi connectivity index (χ1v) is 0. The fourth-order valence-electron chi connectivity index (χ4n) is 0. The van der Waals surface area contributed by atoms with Gasteiger partial charge in [-0.05, 0) is 11.0 Å². The van der Waals surface area contributed by atoms with Crippen molar-refractivity contribution < 1.29 is 21.7 Å². The first-order valence-electron chi connectivity index (χ1n) is 0. The van der Waals surface area contributed by atoms with Gasteiger partial charge in [-0.2, -0.15) is 0 Å². The summed E-state index contributed by atoms with van der Waals surface area (Å²) in [6.45, 7) is 0. The maximum absolute atomic E-state index is 0. The van der Waals surface area contributed by atoms with E-state index >= 15 is 0 Å². The van der Waals surface area contributed by atoms with E-state index in [4.69, 9.17) is 0 Å². The Labute approximate surface area is 73.1 Å². The van der Waals surface area contributed by atoms with Crippen LogP contribution in [-0.2, 0) is 21.7 Å². The Morgan fingerprint density at radius 2 is 1.00 bits per heavy atom. The van der Waals surface area contributed by atoms with Gasteiger partial charge >= 0.3 is 23.9 Å². The normalized spacial score (nSPS) is 0. The molecule has 24 valence electrons. The van der Waals surface area contributed by atoms with Crippen LogP contribution in [0, 0.1) is 0 Å². The van der Waals surface area contributed by atoms with Gasteiger partial charge in [-0.3, -0.25) is 0 Å². The van der Waals surface area contributed by atoms with Crippen LogP contribution in [0.15, 0.2) is 0 Å². The zero-order valence-electron chi connectivity index (χ0n) is 1.21. The molecule has 0 aromatic carbocycles. The molecule has 0 N–H and O–H groups in total. The van der Waals surface area contributed by atoms with Crippen molar-refractivity contribution >= 4 is 52.2 Å². The summed E-state index contributed by atoms with van der Waals surface area (Å²) >= 11 is 0. The van der Waals surface area contributed by atoms with E-state index in [1.165, 1.54) is 0 Å². The molecule has 0 saturated heterocycles. The minimum absolute atomic E-state index is 0. The van der Waals surface area contributed by atoms with E-state index in [2.05, 4.69) is 0 Å². The van der Waals surface area contributed by atoms with Gasteiger partial charge in [-0.15, -0.1) is 0 Å². The fourth-order valence-corrected chi connectivity index (χ4v) is 0. The Hall–Kier alpha value is 2.26. The Morgan fingerprint density at radius 1 is 1.00 bits per heavy atom. The summed E-state index contributed by atoms with van der Waals surface area (Å²) in [6, 6.07) is 0. The van der Waals surface area contributed by atoms with Gasteiger partial charge in [0, 0.05) is 21.7 Å². The quantitative estimate of drug-likeness (QED) is 0.378. The Bertz CT molecular complexity index is 8.00. The number of rotatable bonds is 0. The number of hydrogen-bond donors (Lipinski definition) is 0. The Kier molecular flexibility index (Phi) is 158. The summed E-state index contributed by atoms with van der Waals surface area (Å²) in [6.07, 6.45) is 0. The van der Waals surface area contributed by atoms with Crippen LogP contribution in [-0.4, -0.2) is 52.2 Å². The second kappa shape index (κ2) is 18.7.